The molecule has 0 unspecified atom stereocenters. The van der Waals surface area contributed by atoms with Crippen molar-refractivity contribution in [2.45, 2.75) is 144 Å². The molecular weight excluding hydrogens is 901 g/mol. The minimum Gasteiger partial charge on any atom is -0.508 e. The van der Waals surface area contributed by atoms with Gasteiger partial charge in [-0.3, -0.25) is 19.3 Å². The van der Waals surface area contributed by atoms with Gasteiger partial charge in [0.1, 0.15) is 5.75 Å². The summed E-state index contributed by atoms with van der Waals surface area (Å²) in [5.41, 5.74) is 17.6. The maximum atomic E-state index is 13.1. The van der Waals surface area contributed by atoms with E-state index in [2.05, 4.69) is 92.5 Å². The summed E-state index contributed by atoms with van der Waals surface area (Å²) in [5.74, 6) is 2.06. The maximum Gasteiger partial charge on any atom is 0.254 e. The minimum absolute atomic E-state index is 0.0820. The van der Waals surface area contributed by atoms with Crippen molar-refractivity contribution in [3.63, 3.8) is 0 Å². The molecule has 2 aliphatic carbocycles. The molecule has 2 saturated heterocycles. The first-order valence-corrected chi connectivity index (χ1v) is 26.3. The molecule has 2 aromatic carbocycles. The SMILES string of the molecule is CN=C/C(=C\N)c1cc2c(cc1C)N(c1nn(C3CCN(C4CCC5(CC4)CN(c4ncc(C(=O)NC6C(C)(C)CC6(C)C)cn4)C5)CC3)c3c1CN(C(C)=O)CC3)CCC2.Cc1c(O)ccc(C#N)c1C. The number of phenolic OH excluding ortho intramolecular Hbond substituents is 1. The number of likely N-dealkylation sites (tertiary alicyclic amines) is 1. The average molecular weight is 977 g/mol. The van der Waals surface area contributed by atoms with Crippen LogP contribution in [-0.2, 0) is 24.2 Å². The Kier molecular flexibility index (Phi) is 14.1. The van der Waals surface area contributed by atoms with Gasteiger partial charge in [-0.2, -0.15) is 10.4 Å². The first kappa shape index (κ1) is 50.7. The number of aromatic hydroxyl groups is 1. The first-order chi connectivity index (χ1) is 34.4. The van der Waals surface area contributed by atoms with Gasteiger partial charge in [0, 0.05) is 124 Å². The van der Waals surface area contributed by atoms with Crippen molar-refractivity contribution < 1.29 is 14.7 Å². The quantitative estimate of drug-likeness (QED) is 0.144. The number of allylic oxidation sites excluding steroid dienone is 1. The molecule has 382 valence electrons. The molecule has 2 saturated carbocycles. The lowest BCUT2D eigenvalue weighted by atomic mass is 9.52. The molecule has 6 heterocycles. The summed E-state index contributed by atoms with van der Waals surface area (Å²) in [4.78, 5) is 48.8. The molecule has 2 amide bonds. The second-order valence-corrected chi connectivity index (χ2v) is 23.1. The fraction of sp³-hybridized carbons (Fsp3) is 0.561. The van der Waals surface area contributed by atoms with E-state index in [0.29, 0.717) is 35.2 Å². The van der Waals surface area contributed by atoms with Crippen LogP contribution in [0.3, 0.4) is 0 Å². The van der Waals surface area contributed by atoms with Crippen molar-refractivity contribution in [1.29, 1.82) is 5.26 Å². The van der Waals surface area contributed by atoms with Crippen molar-refractivity contribution in [1.82, 2.24) is 34.9 Å². The number of phenols is 1. The van der Waals surface area contributed by atoms with E-state index >= 15 is 0 Å². The van der Waals surface area contributed by atoms with Gasteiger partial charge in [0.2, 0.25) is 11.9 Å². The first-order valence-electron chi connectivity index (χ1n) is 26.3. The second kappa shape index (κ2) is 20.0. The summed E-state index contributed by atoms with van der Waals surface area (Å²) < 4.78 is 2.39. The summed E-state index contributed by atoms with van der Waals surface area (Å²) in [7, 11) is 1.78. The highest BCUT2D eigenvalue weighted by atomic mass is 16.3. The number of hydrogen-bond donors (Lipinski definition) is 3. The molecule has 15 heteroatoms. The van der Waals surface area contributed by atoms with Crippen molar-refractivity contribution in [3.8, 4) is 11.8 Å². The summed E-state index contributed by atoms with van der Waals surface area (Å²) in [5, 5.41) is 26.6. The highest BCUT2D eigenvalue weighted by Gasteiger charge is 2.53. The van der Waals surface area contributed by atoms with Gasteiger partial charge in [-0.05, 0) is 141 Å². The summed E-state index contributed by atoms with van der Waals surface area (Å²) in [6.45, 7) is 22.8. The molecule has 1 spiro atoms. The molecule has 10 rings (SSSR count). The minimum atomic E-state index is -0.0820. The maximum absolute atomic E-state index is 13.1. The molecule has 4 aromatic rings. The van der Waals surface area contributed by atoms with Gasteiger partial charge in [0.15, 0.2) is 5.82 Å². The smallest absolute Gasteiger partial charge is 0.254 e. The highest BCUT2D eigenvalue weighted by molar-refractivity contribution is 6.10. The molecule has 4 aliphatic heterocycles. The zero-order valence-electron chi connectivity index (χ0n) is 44.2. The average Bonchev–Trinajstić information content (AvgIpc) is 3.74. The molecule has 6 aliphatic rings. The van der Waals surface area contributed by atoms with Crippen LogP contribution in [0, 0.1) is 48.3 Å². The van der Waals surface area contributed by atoms with E-state index in [-0.39, 0.29) is 34.4 Å². The number of amides is 2. The number of anilines is 3. The van der Waals surface area contributed by atoms with Crippen molar-refractivity contribution >= 4 is 41.1 Å². The topological polar surface area (TPSA) is 185 Å². The van der Waals surface area contributed by atoms with Crippen LogP contribution in [-0.4, -0.2) is 111 Å². The van der Waals surface area contributed by atoms with Gasteiger partial charge >= 0.3 is 0 Å². The largest absolute Gasteiger partial charge is 0.508 e. The lowest BCUT2D eigenvalue weighted by Crippen LogP contribution is -2.63. The van der Waals surface area contributed by atoms with E-state index in [1.165, 1.54) is 48.2 Å². The Labute approximate surface area is 426 Å². The summed E-state index contributed by atoms with van der Waals surface area (Å²) in [6, 6.07) is 10.9. The molecule has 15 nitrogen and oxygen atoms in total. The zero-order valence-corrected chi connectivity index (χ0v) is 44.2. The number of fused-ring (bicyclic) bond motifs is 2. The molecular formula is C57H76N12O3. The van der Waals surface area contributed by atoms with E-state index in [1.807, 2.05) is 18.0 Å². The lowest BCUT2D eigenvalue weighted by Gasteiger charge is -2.57. The third-order valence-corrected chi connectivity index (χ3v) is 17.3. The number of aromatic nitrogens is 4. The summed E-state index contributed by atoms with van der Waals surface area (Å²) >= 11 is 0. The zero-order chi connectivity index (χ0) is 51.3. The van der Waals surface area contributed by atoms with Crippen molar-refractivity contribution in [3.05, 3.63) is 93.1 Å². The van der Waals surface area contributed by atoms with E-state index < -0.39 is 0 Å². The number of aliphatic imine (C=N–C) groups is 1. The second-order valence-electron chi connectivity index (χ2n) is 23.1. The van der Waals surface area contributed by atoms with E-state index in [1.54, 1.807) is 51.6 Å². The number of rotatable bonds is 8. The number of benzene rings is 2. The molecule has 0 radical (unpaired) electrons. The van der Waals surface area contributed by atoms with Crippen LogP contribution in [0.15, 0.2) is 47.9 Å². The van der Waals surface area contributed by atoms with Crippen molar-refractivity contribution in [2.75, 3.05) is 56.1 Å². The fourth-order valence-electron chi connectivity index (χ4n) is 13.6. The molecule has 4 fully saturated rings. The number of aryl methyl sites for hydroxylation is 2. The number of nitrogens with two attached hydrogens (primary N) is 1. The van der Waals surface area contributed by atoms with Crippen LogP contribution in [0.4, 0.5) is 17.5 Å². The van der Waals surface area contributed by atoms with E-state index in [4.69, 9.17) is 16.1 Å². The lowest BCUT2D eigenvalue weighted by molar-refractivity contribution is -0.129. The van der Waals surface area contributed by atoms with Crippen LogP contribution >= 0.6 is 0 Å². The van der Waals surface area contributed by atoms with Gasteiger partial charge in [-0.25, -0.2) is 9.97 Å². The highest BCUT2D eigenvalue weighted by Crippen LogP contribution is 2.54. The van der Waals surface area contributed by atoms with Crippen LogP contribution in [0.5, 0.6) is 5.75 Å². The Balaban J connectivity index is 0.000000516. The van der Waals surface area contributed by atoms with Gasteiger partial charge < -0.3 is 35.8 Å². The number of carbonyl (C=O) groups is 2. The number of hydrogen-bond acceptors (Lipinski definition) is 12. The van der Waals surface area contributed by atoms with Crippen LogP contribution in [0.25, 0.3) is 5.57 Å². The molecule has 0 atom stereocenters. The van der Waals surface area contributed by atoms with E-state index in [0.717, 1.165) is 117 Å². The van der Waals surface area contributed by atoms with Crippen LogP contribution in [0.1, 0.15) is 147 Å². The normalized spacial score (nSPS) is 21.0. The molecule has 4 N–H and O–H groups in total. The predicted octanol–water partition coefficient (Wildman–Crippen LogP) is 8.49. The monoisotopic (exact) mass is 977 g/mol. The number of carbonyl (C=O) groups excluding carboxylic acids is 2. The third-order valence-electron chi connectivity index (χ3n) is 17.3. The summed E-state index contributed by atoms with van der Waals surface area (Å²) in [6.07, 6.45) is 18.0. The van der Waals surface area contributed by atoms with Gasteiger partial charge in [-0.15, -0.1) is 0 Å². The van der Waals surface area contributed by atoms with Crippen LogP contribution < -0.4 is 20.9 Å². The Hall–Kier alpha value is -6.27. The number of nitrogens with one attached hydrogen (secondary N) is 1. The predicted molar refractivity (Wildman–Crippen MR) is 285 cm³/mol. The van der Waals surface area contributed by atoms with Crippen LogP contribution in [0.2, 0.25) is 0 Å². The Bertz CT molecular complexity index is 2780. The van der Waals surface area contributed by atoms with Gasteiger partial charge in [0.05, 0.1) is 29.8 Å². The Morgan fingerprint density at radius 3 is 2.25 bits per heavy atom. The number of nitriles is 1. The van der Waals surface area contributed by atoms with E-state index in [9.17, 15) is 14.7 Å². The molecule has 72 heavy (non-hydrogen) atoms. The molecule has 0 bridgehead atoms. The number of nitrogens with zero attached hydrogens (tertiary/aromatic N) is 10. The fourth-order valence-corrected chi connectivity index (χ4v) is 13.6. The standard InChI is InChI=1S/C48H67N11O2.C9H9NO/c1-31-21-41-33(22-38(31)34(23-49)24-50-7)9-8-17-58(41)42-39-27-56(32(2)60)20-14-40(39)59(54-42)37-12-18-55(19-13-37)36-10-15-48(16-11-36)29-57(30-48)45-51-25-35(26-52-45)43(61)53-44-46(3,4)28-47(44,5)6;1-6-7(2)9(11)4-3-8(6)5-10/h21-26,36-37,44H,8-20,27-30,49H2,1-7H3,(H,53,61);3-4,11H,1-2H3/b34-23+,50-24?;. The Morgan fingerprint density at radius 1 is 0.931 bits per heavy atom. The number of piperidine rings is 1. The van der Waals surface area contributed by atoms with Gasteiger partial charge in [-0.1, -0.05) is 27.7 Å². The molecule has 2 aromatic heterocycles. The van der Waals surface area contributed by atoms with Crippen molar-refractivity contribution in [2.24, 2.45) is 27.0 Å². The Morgan fingerprint density at radius 2 is 1.62 bits per heavy atom. The third kappa shape index (κ3) is 9.71. The van der Waals surface area contributed by atoms with Gasteiger partial charge in [0.25, 0.3) is 5.91 Å².